The van der Waals surface area contributed by atoms with E-state index in [1.165, 1.54) is 5.56 Å². The van der Waals surface area contributed by atoms with Crippen molar-refractivity contribution >= 4 is 39.0 Å². The van der Waals surface area contributed by atoms with Gasteiger partial charge >= 0.3 is 0 Å². The van der Waals surface area contributed by atoms with Crippen LogP contribution < -0.4 is 14.5 Å². The summed E-state index contributed by atoms with van der Waals surface area (Å²) in [7, 11) is 0. The van der Waals surface area contributed by atoms with E-state index in [-0.39, 0.29) is 26.5 Å². The predicted octanol–water partition coefficient (Wildman–Crippen LogP) is 8.75. The molecule has 43 heavy (non-hydrogen) atoms. The van der Waals surface area contributed by atoms with Gasteiger partial charge in [0.15, 0.2) is 0 Å². The van der Waals surface area contributed by atoms with E-state index in [1.807, 2.05) is 42.7 Å². The van der Waals surface area contributed by atoms with Crippen LogP contribution in [-0.2, 0) is 26.5 Å². The average Bonchev–Trinajstić information content (AvgIpc) is 3.53. The Morgan fingerprint density at radius 1 is 0.814 bits per heavy atom. The summed E-state index contributed by atoms with van der Waals surface area (Å²) in [6.45, 7) is 13.1. The minimum atomic E-state index is 0. The van der Waals surface area contributed by atoms with E-state index in [2.05, 4.69) is 121 Å². The van der Waals surface area contributed by atoms with Gasteiger partial charge in [-0.1, -0.05) is 50.2 Å². The maximum atomic E-state index is 6.39. The Morgan fingerprint density at radius 2 is 1.63 bits per heavy atom. The van der Waals surface area contributed by atoms with Crippen LogP contribution in [0.1, 0.15) is 40.2 Å². The van der Waals surface area contributed by atoms with Gasteiger partial charge in [-0.25, -0.2) is 9.97 Å². The summed E-state index contributed by atoms with van der Waals surface area (Å²) in [6.07, 6.45) is 3.71. The molecule has 4 heterocycles. The molecule has 0 N–H and O–H groups in total. The van der Waals surface area contributed by atoms with Crippen LogP contribution in [0.2, 0.25) is 0 Å². The van der Waals surface area contributed by atoms with Gasteiger partial charge in [0.05, 0.1) is 0 Å². The van der Waals surface area contributed by atoms with Crippen molar-refractivity contribution in [2.45, 2.75) is 46.1 Å². The molecule has 0 spiro atoms. The Balaban J connectivity index is 0.00000329. The molecule has 0 amide bonds. The number of rotatable bonds is 5. The van der Waals surface area contributed by atoms with Gasteiger partial charge in [-0.15, -0.1) is 42.4 Å². The van der Waals surface area contributed by atoms with E-state index in [9.17, 15) is 0 Å². The summed E-state index contributed by atoms with van der Waals surface area (Å²) in [5.41, 5.74) is 5.16. The Hall–Kier alpha value is -4.15. The minimum absolute atomic E-state index is 0. The average molecular weight is 746 g/mol. The molecular formula is C36H32N5OPt-3. The normalized spacial score (nSPS) is 13.1. The van der Waals surface area contributed by atoms with Crippen molar-refractivity contribution in [1.29, 1.82) is 0 Å². The smallest absolute Gasteiger partial charge is 0.135 e. The van der Waals surface area contributed by atoms with Crippen molar-refractivity contribution < 1.29 is 25.8 Å². The van der Waals surface area contributed by atoms with E-state index in [4.69, 9.17) is 9.72 Å². The molecule has 220 valence electrons. The van der Waals surface area contributed by atoms with E-state index in [1.54, 1.807) is 0 Å². The van der Waals surface area contributed by atoms with E-state index in [0.29, 0.717) is 17.5 Å². The quantitative estimate of drug-likeness (QED) is 0.165. The maximum Gasteiger partial charge on any atom is 0.135 e. The second kappa shape index (κ2) is 11.2. The van der Waals surface area contributed by atoms with E-state index >= 15 is 0 Å². The zero-order valence-electron chi connectivity index (χ0n) is 24.8. The Kier molecular flexibility index (Phi) is 7.51. The molecule has 1 aliphatic rings. The number of para-hydroxylation sites is 1. The molecule has 3 aromatic heterocycles. The monoisotopic (exact) mass is 745 g/mol. The zero-order valence-corrected chi connectivity index (χ0v) is 27.0. The van der Waals surface area contributed by atoms with Crippen LogP contribution in [0, 0.1) is 18.8 Å². The van der Waals surface area contributed by atoms with Crippen molar-refractivity contribution in [2.24, 2.45) is 0 Å². The summed E-state index contributed by atoms with van der Waals surface area (Å²) >= 11 is 0. The molecule has 6 aromatic rings. The summed E-state index contributed by atoms with van der Waals surface area (Å²) in [6, 6.07) is 34.0. The van der Waals surface area contributed by atoms with Crippen LogP contribution in [0.5, 0.6) is 11.5 Å². The summed E-state index contributed by atoms with van der Waals surface area (Å²) in [5.74, 6) is 2.95. The van der Waals surface area contributed by atoms with Gasteiger partial charge in [0.25, 0.3) is 0 Å². The van der Waals surface area contributed by atoms with Gasteiger partial charge in [0.1, 0.15) is 11.6 Å². The van der Waals surface area contributed by atoms with Crippen molar-refractivity contribution in [2.75, 3.05) is 9.80 Å². The van der Waals surface area contributed by atoms with Crippen LogP contribution >= 0.6 is 0 Å². The molecule has 1 aliphatic heterocycles. The molecule has 0 saturated carbocycles. The van der Waals surface area contributed by atoms with Gasteiger partial charge in [0, 0.05) is 56.2 Å². The van der Waals surface area contributed by atoms with Crippen LogP contribution in [0.3, 0.4) is 0 Å². The van der Waals surface area contributed by atoms with E-state index < -0.39 is 0 Å². The molecular weight excluding hydrogens is 714 g/mol. The third-order valence-electron chi connectivity index (χ3n) is 7.70. The number of anilines is 3. The number of pyridine rings is 2. The summed E-state index contributed by atoms with van der Waals surface area (Å²) in [4.78, 5) is 13.7. The minimum Gasteiger partial charge on any atom is -0.509 e. The van der Waals surface area contributed by atoms with Crippen molar-refractivity contribution in [3.63, 3.8) is 0 Å². The largest absolute Gasteiger partial charge is 0.509 e. The molecule has 0 bridgehead atoms. The number of nitrogens with zero attached hydrogens (tertiary/aromatic N) is 5. The SMILES string of the molecule is CC(C)N1[CH-]N(c2[c-]c(Oc3[c-]c4c(cc3)c3ccccc3n4-c3cc(C(C)(C)C)ccn3)ccc2)c2ncccc21.[Pt]. The van der Waals surface area contributed by atoms with E-state index in [0.717, 1.165) is 44.8 Å². The zero-order chi connectivity index (χ0) is 29.0. The fourth-order valence-corrected chi connectivity index (χ4v) is 5.54. The molecule has 7 heteroatoms. The molecule has 0 aliphatic carbocycles. The maximum absolute atomic E-state index is 6.39. The first-order valence-corrected chi connectivity index (χ1v) is 14.3. The number of fused-ring (bicyclic) bond motifs is 4. The second-order valence-corrected chi connectivity index (χ2v) is 11.9. The van der Waals surface area contributed by atoms with Crippen molar-refractivity contribution in [3.8, 4) is 17.3 Å². The van der Waals surface area contributed by atoms with Gasteiger partial charge < -0.3 is 19.1 Å². The topological polar surface area (TPSA) is 46.4 Å². The second-order valence-electron chi connectivity index (χ2n) is 11.9. The third-order valence-corrected chi connectivity index (χ3v) is 7.70. The number of hydrogen-bond acceptors (Lipinski definition) is 5. The molecule has 7 rings (SSSR count). The fourth-order valence-electron chi connectivity index (χ4n) is 5.54. The predicted molar refractivity (Wildman–Crippen MR) is 170 cm³/mol. The number of benzene rings is 3. The first-order chi connectivity index (χ1) is 20.3. The summed E-state index contributed by atoms with van der Waals surface area (Å²) < 4.78 is 8.57. The fraction of sp³-hybridized carbons (Fsp3) is 0.194. The molecule has 0 atom stereocenters. The Morgan fingerprint density at radius 3 is 2.44 bits per heavy atom. The molecule has 0 unspecified atom stereocenters. The molecule has 3 aromatic carbocycles. The Labute approximate surface area is 267 Å². The van der Waals surface area contributed by atoms with Gasteiger partial charge in [-0.2, -0.15) is 12.1 Å². The van der Waals surface area contributed by atoms with Crippen LogP contribution in [-0.4, -0.2) is 20.6 Å². The van der Waals surface area contributed by atoms with Crippen LogP contribution in [0.15, 0.2) is 91.3 Å². The number of hydrogen-bond donors (Lipinski definition) is 0. The molecule has 0 saturated heterocycles. The standard InChI is InChI=1S/C36H32N5O.Pt/c1-24(2)39-23-40(35-32(39)14-9-18-38-35)26-10-8-11-27(21-26)42-28-15-16-30-29-12-6-7-13-31(29)41(33(30)22-28)34-20-25(17-19-37-34)36(3,4)5;/h6-20,23-24H,1-5H3;/q-3;. The molecule has 6 nitrogen and oxygen atoms in total. The Bertz CT molecular complexity index is 1940. The van der Waals surface area contributed by atoms with Crippen LogP contribution in [0.4, 0.5) is 17.2 Å². The number of aromatic nitrogens is 3. The van der Waals surface area contributed by atoms with Gasteiger partial charge in [0.2, 0.25) is 0 Å². The first kappa shape index (κ1) is 28.9. The molecule has 0 radical (unpaired) electrons. The summed E-state index contributed by atoms with van der Waals surface area (Å²) in [5, 5.41) is 2.25. The molecule has 0 fully saturated rings. The van der Waals surface area contributed by atoms with Crippen LogP contribution in [0.25, 0.3) is 27.6 Å². The van der Waals surface area contributed by atoms with Gasteiger partial charge in [-0.3, -0.25) is 0 Å². The number of ether oxygens (including phenoxy) is 1. The third kappa shape index (κ3) is 5.19. The van der Waals surface area contributed by atoms with Crippen molar-refractivity contribution in [3.05, 3.63) is 116 Å². The van der Waals surface area contributed by atoms with Gasteiger partial charge in [-0.05, 0) is 66.6 Å². The van der Waals surface area contributed by atoms with Crippen molar-refractivity contribution in [1.82, 2.24) is 14.5 Å². The first-order valence-electron chi connectivity index (χ1n) is 14.3.